The Kier molecular flexibility index (Phi) is 4.65. The minimum absolute atomic E-state index is 0.0943. The smallest absolute Gasteiger partial charge is 0.229 e. The predicted octanol–water partition coefficient (Wildman–Crippen LogP) is 5.89. The quantitative estimate of drug-likeness (QED) is 0.652. The SMILES string of the molecule is CC(C)n1c2c(c3ccccc31)C(C)(C)CN(C(=O)C1CCCCC1)C=C2. The molecule has 1 aliphatic carbocycles. The Balaban J connectivity index is 1.80. The van der Waals surface area contributed by atoms with Gasteiger partial charge in [-0.25, -0.2) is 0 Å². The monoisotopic (exact) mass is 364 g/mol. The predicted molar refractivity (Wildman–Crippen MR) is 113 cm³/mol. The van der Waals surface area contributed by atoms with Crippen LogP contribution in [0.25, 0.3) is 17.0 Å². The molecule has 1 fully saturated rings. The second-order valence-electron chi connectivity index (χ2n) is 9.24. The minimum Gasteiger partial charge on any atom is -0.338 e. The van der Waals surface area contributed by atoms with Gasteiger partial charge in [-0.1, -0.05) is 51.3 Å². The van der Waals surface area contributed by atoms with Crippen molar-refractivity contribution >= 4 is 22.9 Å². The van der Waals surface area contributed by atoms with Crippen LogP contribution in [-0.4, -0.2) is 21.9 Å². The lowest BCUT2D eigenvalue weighted by molar-refractivity contribution is -0.134. The number of rotatable bonds is 2. The summed E-state index contributed by atoms with van der Waals surface area (Å²) in [5, 5.41) is 1.32. The molecule has 1 amide bonds. The van der Waals surface area contributed by atoms with Gasteiger partial charge in [-0.15, -0.1) is 0 Å². The van der Waals surface area contributed by atoms with Crippen molar-refractivity contribution in [2.45, 2.75) is 71.3 Å². The Morgan fingerprint density at radius 1 is 1.11 bits per heavy atom. The highest BCUT2D eigenvalue weighted by molar-refractivity contribution is 5.91. The van der Waals surface area contributed by atoms with Crippen molar-refractivity contribution in [1.82, 2.24) is 9.47 Å². The van der Waals surface area contributed by atoms with Gasteiger partial charge in [0.05, 0.1) is 0 Å². The molecular weight excluding hydrogens is 332 g/mol. The molecule has 1 aliphatic heterocycles. The number of fused-ring (bicyclic) bond motifs is 3. The highest BCUT2D eigenvalue weighted by atomic mass is 16.2. The lowest BCUT2D eigenvalue weighted by Crippen LogP contribution is -2.40. The van der Waals surface area contributed by atoms with E-state index in [4.69, 9.17) is 0 Å². The van der Waals surface area contributed by atoms with Gasteiger partial charge in [0.2, 0.25) is 5.91 Å². The summed E-state index contributed by atoms with van der Waals surface area (Å²) in [4.78, 5) is 15.2. The lowest BCUT2D eigenvalue weighted by Gasteiger charge is -2.32. The van der Waals surface area contributed by atoms with Crippen LogP contribution in [0.1, 0.15) is 77.1 Å². The molecule has 0 spiro atoms. The molecule has 3 heteroatoms. The molecule has 2 heterocycles. The van der Waals surface area contributed by atoms with E-state index in [1.807, 2.05) is 4.90 Å². The van der Waals surface area contributed by atoms with Crippen LogP contribution in [0.2, 0.25) is 0 Å². The summed E-state index contributed by atoms with van der Waals surface area (Å²) >= 11 is 0. The van der Waals surface area contributed by atoms with Crippen molar-refractivity contribution in [3.8, 4) is 0 Å². The van der Waals surface area contributed by atoms with Gasteiger partial charge in [0, 0.05) is 46.7 Å². The number of benzene rings is 1. The largest absolute Gasteiger partial charge is 0.338 e. The van der Waals surface area contributed by atoms with E-state index in [-0.39, 0.29) is 11.3 Å². The number of aromatic nitrogens is 1. The highest BCUT2D eigenvalue weighted by Gasteiger charge is 2.36. The summed E-state index contributed by atoms with van der Waals surface area (Å²) < 4.78 is 2.43. The summed E-state index contributed by atoms with van der Waals surface area (Å²) in [6.45, 7) is 9.80. The van der Waals surface area contributed by atoms with E-state index in [1.165, 1.54) is 41.4 Å². The van der Waals surface area contributed by atoms with Crippen molar-refractivity contribution < 1.29 is 4.79 Å². The molecule has 2 aliphatic rings. The highest BCUT2D eigenvalue weighted by Crippen LogP contribution is 2.41. The molecule has 0 saturated heterocycles. The van der Waals surface area contributed by atoms with Crippen LogP contribution in [0.5, 0.6) is 0 Å². The Labute approximate surface area is 163 Å². The van der Waals surface area contributed by atoms with Gasteiger partial charge in [-0.3, -0.25) is 4.79 Å². The average Bonchev–Trinajstić information content (AvgIpc) is 2.93. The molecule has 2 aromatic rings. The molecule has 0 bridgehead atoms. The van der Waals surface area contributed by atoms with E-state index in [9.17, 15) is 4.79 Å². The van der Waals surface area contributed by atoms with Gasteiger partial charge in [-0.05, 0) is 44.4 Å². The zero-order valence-corrected chi connectivity index (χ0v) is 17.2. The van der Waals surface area contributed by atoms with E-state index < -0.39 is 0 Å². The fraction of sp³-hybridized carbons (Fsp3) is 0.542. The first-order valence-corrected chi connectivity index (χ1v) is 10.5. The van der Waals surface area contributed by atoms with Crippen molar-refractivity contribution in [2.24, 2.45) is 5.92 Å². The fourth-order valence-corrected chi connectivity index (χ4v) is 5.17. The Hall–Kier alpha value is -2.03. The number of hydrogen-bond acceptors (Lipinski definition) is 1. The summed E-state index contributed by atoms with van der Waals surface area (Å²) in [5.41, 5.74) is 3.84. The zero-order valence-electron chi connectivity index (χ0n) is 17.2. The van der Waals surface area contributed by atoms with Crippen LogP contribution < -0.4 is 0 Å². The fourth-order valence-electron chi connectivity index (χ4n) is 5.17. The molecule has 0 N–H and O–H groups in total. The molecule has 4 rings (SSSR count). The molecule has 27 heavy (non-hydrogen) atoms. The average molecular weight is 365 g/mol. The van der Waals surface area contributed by atoms with Crippen LogP contribution in [0.4, 0.5) is 0 Å². The summed E-state index contributed by atoms with van der Waals surface area (Å²) in [7, 11) is 0. The Bertz CT molecular complexity index is 881. The van der Waals surface area contributed by atoms with E-state index in [0.29, 0.717) is 11.9 Å². The summed E-state index contributed by atoms with van der Waals surface area (Å²) in [5.74, 6) is 0.533. The third kappa shape index (κ3) is 3.11. The number of nitrogens with zero attached hydrogens (tertiary/aromatic N) is 2. The summed E-state index contributed by atoms with van der Waals surface area (Å²) in [6, 6.07) is 9.08. The van der Waals surface area contributed by atoms with E-state index in [1.54, 1.807) is 0 Å². The molecule has 0 unspecified atom stereocenters. The lowest BCUT2D eigenvalue weighted by atomic mass is 9.82. The first kappa shape index (κ1) is 18.3. The topological polar surface area (TPSA) is 25.2 Å². The number of amides is 1. The van der Waals surface area contributed by atoms with Crippen LogP contribution >= 0.6 is 0 Å². The maximum Gasteiger partial charge on any atom is 0.229 e. The van der Waals surface area contributed by atoms with Crippen LogP contribution in [0, 0.1) is 5.92 Å². The number of para-hydroxylation sites is 1. The van der Waals surface area contributed by atoms with Gasteiger partial charge >= 0.3 is 0 Å². The van der Waals surface area contributed by atoms with Crippen molar-refractivity contribution in [1.29, 1.82) is 0 Å². The number of hydrogen-bond donors (Lipinski definition) is 0. The maximum absolute atomic E-state index is 13.2. The number of carbonyl (C=O) groups excluding carboxylic acids is 1. The maximum atomic E-state index is 13.2. The van der Waals surface area contributed by atoms with Crippen molar-refractivity contribution in [3.05, 3.63) is 41.7 Å². The molecule has 1 aromatic carbocycles. The Morgan fingerprint density at radius 2 is 1.81 bits per heavy atom. The first-order valence-electron chi connectivity index (χ1n) is 10.5. The Morgan fingerprint density at radius 3 is 2.52 bits per heavy atom. The molecule has 144 valence electrons. The standard InChI is InChI=1S/C24H32N2O/c1-17(2)26-20-13-9-8-12-19(20)22-21(26)14-15-25(16-24(22,3)4)23(27)18-10-6-5-7-11-18/h8-9,12-15,17-18H,5-7,10-11,16H2,1-4H3. The molecule has 1 aromatic heterocycles. The van der Waals surface area contributed by atoms with Crippen LogP contribution in [0.15, 0.2) is 30.5 Å². The molecule has 0 atom stereocenters. The van der Waals surface area contributed by atoms with Crippen molar-refractivity contribution in [2.75, 3.05) is 6.54 Å². The van der Waals surface area contributed by atoms with E-state index in [0.717, 1.165) is 19.4 Å². The molecule has 1 saturated carbocycles. The van der Waals surface area contributed by atoms with Crippen LogP contribution in [0.3, 0.4) is 0 Å². The zero-order chi connectivity index (χ0) is 19.2. The van der Waals surface area contributed by atoms with E-state index >= 15 is 0 Å². The second-order valence-corrected chi connectivity index (χ2v) is 9.24. The normalized spacial score (nSPS) is 20.1. The molecular formula is C24H32N2O. The number of carbonyl (C=O) groups is 1. The summed E-state index contributed by atoms with van der Waals surface area (Å²) in [6.07, 6.45) is 10.0. The van der Waals surface area contributed by atoms with Gasteiger partial charge in [0.25, 0.3) is 0 Å². The van der Waals surface area contributed by atoms with Gasteiger partial charge in [0.1, 0.15) is 0 Å². The van der Waals surface area contributed by atoms with E-state index in [2.05, 4.69) is 68.8 Å². The third-order valence-corrected chi connectivity index (χ3v) is 6.36. The van der Waals surface area contributed by atoms with Gasteiger partial charge < -0.3 is 9.47 Å². The third-order valence-electron chi connectivity index (χ3n) is 6.36. The molecule has 0 radical (unpaired) electrons. The first-order chi connectivity index (χ1) is 12.9. The minimum atomic E-state index is -0.0943. The van der Waals surface area contributed by atoms with Gasteiger partial charge in [-0.2, -0.15) is 0 Å². The second kappa shape index (κ2) is 6.85. The van der Waals surface area contributed by atoms with Crippen LogP contribution in [-0.2, 0) is 10.2 Å². The van der Waals surface area contributed by atoms with Crippen molar-refractivity contribution in [3.63, 3.8) is 0 Å². The molecule has 3 nitrogen and oxygen atoms in total. The van der Waals surface area contributed by atoms with Gasteiger partial charge in [0.15, 0.2) is 0 Å².